The molecule has 0 aromatic rings. The summed E-state index contributed by atoms with van der Waals surface area (Å²) in [4.78, 5) is 12.2. The molecule has 78 valence electrons. The van der Waals surface area contributed by atoms with Crippen LogP contribution in [-0.4, -0.2) is 36.9 Å². The molecular formula is C8H16F2N2O. The van der Waals surface area contributed by atoms with E-state index in [1.807, 2.05) is 6.92 Å². The topological polar surface area (TPSA) is 46.3 Å². The maximum absolute atomic E-state index is 11.8. The van der Waals surface area contributed by atoms with E-state index >= 15 is 0 Å². The zero-order valence-corrected chi connectivity index (χ0v) is 7.96. The number of hydrogen-bond acceptors (Lipinski definition) is 2. The Balaban J connectivity index is 3.82. The van der Waals surface area contributed by atoms with Gasteiger partial charge in [-0.2, -0.15) is 0 Å². The predicted octanol–water partition coefficient (Wildman–Crippen LogP) is 0.837. The number of halogens is 2. The third-order valence-corrected chi connectivity index (χ3v) is 1.80. The Hall–Kier alpha value is -0.710. The highest BCUT2D eigenvalue weighted by atomic mass is 19.3. The smallest absolute Gasteiger partial charge is 0.255 e. The van der Waals surface area contributed by atoms with Crippen molar-refractivity contribution < 1.29 is 13.6 Å². The molecule has 1 unspecified atom stereocenters. The van der Waals surface area contributed by atoms with E-state index in [1.165, 1.54) is 7.05 Å². The van der Waals surface area contributed by atoms with Crippen LogP contribution in [0, 0.1) is 0 Å². The van der Waals surface area contributed by atoms with Gasteiger partial charge in [-0.3, -0.25) is 4.79 Å². The van der Waals surface area contributed by atoms with Crippen molar-refractivity contribution in [2.75, 3.05) is 13.6 Å². The minimum Gasteiger partial charge on any atom is -0.340 e. The minimum atomic E-state index is -2.48. The van der Waals surface area contributed by atoms with Gasteiger partial charge in [-0.05, 0) is 6.42 Å². The van der Waals surface area contributed by atoms with Crippen molar-refractivity contribution >= 4 is 5.91 Å². The van der Waals surface area contributed by atoms with Crippen LogP contribution in [0.2, 0.25) is 0 Å². The normalized spacial score (nSPS) is 13.1. The molecule has 0 fully saturated rings. The molecular weight excluding hydrogens is 178 g/mol. The first-order chi connectivity index (χ1) is 5.97. The lowest BCUT2D eigenvalue weighted by Crippen LogP contribution is -2.35. The Morgan fingerprint density at radius 1 is 1.54 bits per heavy atom. The zero-order chi connectivity index (χ0) is 10.4. The molecule has 0 bridgehead atoms. The number of nitrogens with two attached hydrogens (primary N) is 1. The molecule has 0 heterocycles. The number of amides is 1. The molecule has 0 aliphatic heterocycles. The quantitative estimate of drug-likeness (QED) is 0.704. The van der Waals surface area contributed by atoms with Crippen molar-refractivity contribution in [3.05, 3.63) is 0 Å². The van der Waals surface area contributed by atoms with Crippen LogP contribution in [0.15, 0.2) is 0 Å². The summed E-state index contributed by atoms with van der Waals surface area (Å²) in [6.45, 7) is 1.33. The number of rotatable bonds is 5. The fourth-order valence-electron chi connectivity index (χ4n) is 0.833. The van der Waals surface area contributed by atoms with E-state index in [1.54, 1.807) is 0 Å². The van der Waals surface area contributed by atoms with Gasteiger partial charge in [0.05, 0.1) is 6.54 Å². The predicted molar refractivity (Wildman–Crippen MR) is 46.5 cm³/mol. The van der Waals surface area contributed by atoms with Crippen LogP contribution in [0.5, 0.6) is 0 Å². The molecule has 0 aromatic carbocycles. The Labute approximate surface area is 76.9 Å². The molecule has 0 aromatic heterocycles. The zero-order valence-electron chi connectivity index (χ0n) is 7.96. The number of alkyl halides is 2. The summed E-state index contributed by atoms with van der Waals surface area (Å²) in [6.07, 6.45) is -1.67. The average molecular weight is 194 g/mol. The van der Waals surface area contributed by atoms with E-state index in [0.717, 1.165) is 4.90 Å². The summed E-state index contributed by atoms with van der Waals surface area (Å²) in [7, 11) is 1.36. The number of nitrogens with zero attached hydrogens (tertiary/aromatic N) is 1. The van der Waals surface area contributed by atoms with E-state index in [-0.39, 0.29) is 18.4 Å². The van der Waals surface area contributed by atoms with Crippen LogP contribution in [-0.2, 0) is 4.79 Å². The Kier molecular flexibility index (Phi) is 5.53. The summed E-state index contributed by atoms with van der Waals surface area (Å²) in [6, 6.07) is -0.229. The Morgan fingerprint density at radius 2 is 2.08 bits per heavy atom. The lowest BCUT2D eigenvalue weighted by molar-refractivity contribution is -0.132. The average Bonchev–Trinajstić information content (AvgIpc) is 2.02. The fourth-order valence-corrected chi connectivity index (χ4v) is 0.833. The minimum absolute atomic E-state index is 0.139. The van der Waals surface area contributed by atoms with Gasteiger partial charge < -0.3 is 10.6 Å². The van der Waals surface area contributed by atoms with Gasteiger partial charge in [-0.1, -0.05) is 6.92 Å². The summed E-state index contributed by atoms with van der Waals surface area (Å²) in [5, 5.41) is 0. The number of hydrogen-bond donors (Lipinski definition) is 1. The molecule has 0 rings (SSSR count). The van der Waals surface area contributed by atoms with Gasteiger partial charge in [-0.25, -0.2) is 8.78 Å². The SMILES string of the molecule is CCC(N)CC(=O)N(C)CC(F)F. The van der Waals surface area contributed by atoms with Gasteiger partial charge in [-0.15, -0.1) is 0 Å². The van der Waals surface area contributed by atoms with E-state index in [4.69, 9.17) is 5.73 Å². The molecule has 0 spiro atoms. The first-order valence-corrected chi connectivity index (χ1v) is 4.25. The van der Waals surface area contributed by atoms with Crippen molar-refractivity contribution in [2.24, 2.45) is 5.73 Å². The molecule has 1 amide bonds. The third-order valence-electron chi connectivity index (χ3n) is 1.80. The second-order valence-corrected chi connectivity index (χ2v) is 3.04. The Morgan fingerprint density at radius 3 is 2.46 bits per heavy atom. The maximum atomic E-state index is 11.8. The summed E-state index contributed by atoms with van der Waals surface area (Å²) in [5.41, 5.74) is 5.51. The van der Waals surface area contributed by atoms with Crippen LogP contribution in [0.4, 0.5) is 8.78 Å². The molecule has 0 saturated carbocycles. The van der Waals surface area contributed by atoms with Gasteiger partial charge in [0.1, 0.15) is 0 Å². The van der Waals surface area contributed by atoms with E-state index in [2.05, 4.69) is 0 Å². The van der Waals surface area contributed by atoms with Crippen LogP contribution in [0.3, 0.4) is 0 Å². The molecule has 3 nitrogen and oxygen atoms in total. The number of carbonyl (C=O) groups excluding carboxylic acids is 1. The number of carbonyl (C=O) groups is 1. The molecule has 13 heavy (non-hydrogen) atoms. The van der Waals surface area contributed by atoms with Crippen LogP contribution >= 0.6 is 0 Å². The van der Waals surface area contributed by atoms with Gasteiger partial charge in [0.25, 0.3) is 6.43 Å². The van der Waals surface area contributed by atoms with Crippen LogP contribution < -0.4 is 5.73 Å². The van der Waals surface area contributed by atoms with Gasteiger partial charge >= 0.3 is 0 Å². The second-order valence-electron chi connectivity index (χ2n) is 3.04. The van der Waals surface area contributed by atoms with Gasteiger partial charge in [0, 0.05) is 19.5 Å². The first-order valence-electron chi connectivity index (χ1n) is 4.25. The van der Waals surface area contributed by atoms with Crippen molar-refractivity contribution in [1.82, 2.24) is 4.90 Å². The fraction of sp³-hybridized carbons (Fsp3) is 0.875. The van der Waals surface area contributed by atoms with Crippen molar-refractivity contribution in [1.29, 1.82) is 0 Å². The molecule has 0 radical (unpaired) electrons. The highest BCUT2D eigenvalue weighted by molar-refractivity contribution is 5.76. The second kappa shape index (κ2) is 5.85. The summed E-state index contributed by atoms with van der Waals surface area (Å²) >= 11 is 0. The molecule has 1 atom stereocenters. The third kappa shape index (κ3) is 5.52. The molecule has 0 saturated heterocycles. The lowest BCUT2D eigenvalue weighted by atomic mass is 10.1. The molecule has 5 heteroatoms. The largest absolute Gasteiger partial charge is 0.340 e. The molecule has 0 aliphatic carbocycles. The monoisotopic (exact) mass is 194 g/mol. The highest BCUT2D eigenvalue weighted by Gasteiger charge is 2.15. The van der Waals surface area contributed by atoms with E-state index in [0.29, 0.717) is 6.42 Å². The van der Waals surface area contributed by atoms with E-state index < -0.39 is 13.0 Å². The summed E-state index contributed by atoms with van der Waals surface area (Å²) in [5.74, 6) is -0.324. The van der Waals surface area contributed by atoms with Crippen molar-refractivity contribution in [2.45, 2.75) is 32.2 Å². The maximum Gasteiger partial charge on any atom is 0.255 e. The van der Waals surface area contributed by atoms with Gasteiger partial charge in [0.2, 0.25) is 5.91 Å². The summed E-state index contributed by atoms with van der Waals surface area (Å²) < 4.78 is 23.7. The first kappa shape index (κ1) is 12.3. The highest BCUT2D eigenvalue weighted by Crippen LogP contribution is 2.01. The van der Waals surface area contributed by atoms with E-state index in [9.17, 15) is 13.6 Å². The van der Waals surface area contributed by atoms with Crippen molar-refractivity contribution in [3.8, 4) is 0 Å². The van der Waals surface area contributed by atoms with Crippen molar-refractivity contribution in [3.63, 3.8) is 0 Å². The van der Waals surface area contributed by atoms with Crippen LogP contribution in [0.1, 0.15) is 19.8 Å². The standard InChI is InChI=1S/C8H16F2N2O/c1-3-6(11)4-8(13)12(2)5-7(9)10/h6-7H,3-5,11H2,1-2H3. The molecule has 0 aliphatic rings. The lowest BCUT2D eigenvalue weighted by Gasteiger charge is -2.18. The molecule has 2 N–H and O–H groups in total. The van der Waals surface area contributed by atoms with Gasteiger partial charge in [0.15, 0.2) is 0 Å². The van der Waals surface area contributed by atoms with Crippen LogP contribution in [0.25, 0.3) is 0 Å². The Bertz CT molecular complexity index is 164.